The van der Waals surface area contributed by atoms with Gasteiger partial charge in [-0.3, -0.25) is 0 Å². The van der Waals surface area contributed by atoms with Crippen LogP contribution >= 0.6 is 11.6 Å². The minimum absolute atomic E-state index is 0.203. The molecule has 0 unspecified atom stereocenters. The van der Waals surface area contributed by atoms with Crippen molar-refractivity contribution in [1.82, 2.24) is 15.3 Å². The third-order valence-electron chi connectivity index (χ3n) is 2.15. The molecule has 0 aliphatic carbocycles. The smallest absolute Gasteiger partial charge is 0.218 e. The molecule has 0 bridgehead atoms. The molecule has 0 saturated carbocycles. The number of hydrogen-bond donors (Lipinski definition) is 1. The molecule has 0 aromatic carbocycles. The summed E-state index contributed by atoms with van der Waals surface area (Å²) in [4.78, 5) is 7.78. The Morgan fingerprint density at radius 2 is 2.43 bits per heavy atom. The van der Waals surface area contributed by atoms with E-state index < -0.39 is 0 Å². The fraction of sp³-hybridized carbons (Fsp3) is 0.556. The lowest BCUT2D eigenvalue weighted by atomic mass is 10.1. The topological polar surface area (TPSA) is 47.0 Å². The first-order chi connectivity index (χ1) is 6.84. The van der Waals surface area contributed by atoms with Gasteiger partial charge in [0.15, 0.2) is 0 Å². The van der Waals surface area contributed by atoms with Gasteiger partial charge in [0.1, 0.15) is 17.6 Å². The van der Waals surface area contributed by atoms with Crippen LogP contribution in [0, 0.1) is 0 Å². The van der Waals surface area contributed by atoms with Gasteiger partial charge in [-0.2, -0.15) is 0 Å². The molecule has 2 rings (SSSR count). The third kappa shape index (κ3) is 2.56. The van der Waals surface area contributed by atoms with Gasteiger partial charge in [0.2, 0.25) is 5.88 Å². The average molecular weight is 214 g/mol. The van der Waals surface area contributed by atoms with E-state index >= 15 is 0 Å². The van der Waals surface area contributed by atoms with Crippen LogP contribution in [-0.4, -0.2) is 29.2 Å². The quantitative estimate of drug-likeness (QED) is 0.752. The molecule has 1 aliphatic heterocycles. The summed E-state index contributed by atoms with van der Waals surface area (Å²) in [6.45, 7) is 1.95. The van der Waals surface area contributed by atoms with E-state index in [1.807, 2.05) is 0 Å². The van der Waals surface area contributed by atoms with Crippen molar-refractivity contribution in [3.8, 4) is 5.88 Å². The van der Waals surface area contributed by atoms with Crippen LogP contribution in [0.3, 0.4) is 0 Å². The van der Waals surface area contributed by atoms with Gasteiger partial charge >= 0.3 is 0 Å². The van der Waals surface area contributed by atoms with Crippen molar-refractivity contribution in [2.24, 2.45) is 0 Å². The molecule has 1 aromatic rings. The van der Waals surface area contributed by atoms with Crippen LogP contribution in [0.15, 0.2) is 12.4 Å². The van der Waals surface area contributed by atoms with Crippen molar-refractivity contribution in [2.75, 3.05) is 13.1 Å². The van der Waals surface area contributed by atoms with Gasteiger partial charge in [0.05, 0.1) is 0 Å². The normalized spacial score (nSPS) is 21.9. The Labute approximate surface area is 87.7 Å². The summed E-state index contributed by atoms with van der Waals surface area (Å²) in [6.07, 6.45) is 3.82. The van der Waals surface area contributed by atoms with Gasteiger partial charge in [0, 0.05) is 12.6 Å². The first kappa shape index (κ1) is 9.68. The Hall–Kier alpha value is -0.870. The second kappa shape index (κ2) is 4.57. The highest BCUT2D eigenvalue weighted by molar-refractivity contribution is 6.29. The summed E-state index contributed by atoms with van der Waals surface area (Å²) in [5.74, 6) is 0.554. The second-order valence-electron chi connectivity index (χ2n) is 3.27. The van der Waals surface area contributed by atoms with E-state index in [1.54, 1.807) is 6.07 Å². The largest absolute Gasteiger partial charge is 0.473 e. The lowest BCUT2D eigenvalue weighted by molar-refractivity contribution is 0.160. The van der Waals surface area contributed by atoms with Crippen LogP contribution in [0.25, 0.3) is 0 Å². The minimum atomic E-state index is 0.203. The Kier molecular flexibility index (Phi) is 3.16. The lowest BCUT2D eigenvalue weighted by Crippen LogP contribution is -2.37. The first-order valence-electron chi connectivity index (χ1n) is 4.69. The van der Waals surface area contributed by atoms with Crippen LogP contribution in [0.5, 0.6) is 5.88 Å². The fourth-order valence-electron chi connectivity index (χ4n) is 1.47. The number of hydrogen-bond acceptors (Lipinski definition) is 4. The Balaban J connectivity index is 1.95. The van der Waals surface area contributed by atoms with Gasteiger partial charge in [-0.05, 0) is 19.4 Å². The Morgan fingerprint density at radius 1 is 1.50 bits per heavy atom. The molecule has 1 aromatic heterocycles. The number of ether oxygens (including phenoxy) is 1. The fourth-order valence-corrected chi connectivity index (χ4v) is 1.61. The SMILES string of the molecule is Clc1cc(O[C@H]2CCCNC2)ncn1. The molecule has 4 nitrogen and oxygen atoms in total. The number of aromatic nitrogens is 2. The molecule has 76 valence electrons. The highest BCUT2D eigenvalue weighted by atomic mass is 35.5. The van der Waals surface area contributed by atoms with Gasteiger partial charge in [0.25, 0.3) is 0 Å². The standard InChI is InChI=1S/C9H12ClN3O/c10-8-4-9(13-6-12-8)14-7-2-1-3-11-5-7/h4,6-7,11H,1-3,5H2/t7-/m0/s1. The third-order valence-corrected chi connectivity index (χ3v) is 2.35. The number of nitrogens with zero attached hydrogens (tertiary/aromatic N) is 2. The van der Waals surface area contributed by atoms with Crippen molar-refractivity contribution >= 4 is 11.6 Å². The van der Waals surface area contributed by atoms with Crippen molar-refractivity contribution < 1.29 is 4.74 Å². The van der Waals surface area contributed by atoms with Crippen molar-refractivity contribution in [3.05, 3.63) is 17.5 Å². The summed E-state index contributed by atoms with van der Waals surface area (Å²) < 4.78 is 5.64. The van der Waals surface area contributed by atoms with E-state index in [4.69, 9.17) is 16.3 Å². The predicted molar refractivity (Wildman–Crippen MR) is 53.6 cm³/mol. The summed E-state index contributed by atoms with van der Waals surface area (Å²) in [7, 11) is 0. The molecule has 5 heteroatoms. The van der Waals surface area contributed by atoms with E-state index in [1.165, 1.54) is 6.33 Å². The zero-order valence-electron chi connectivity index (χ0n) is 7.74. The molecule has 0 spiro atoms. The summed E-state index contributed by atoms with van der Waals surface area (Å²) in [5.41, 5.74) is 0. The molecule has 0 radical (unpaired) electrons. The zero-order valence-corrected chi connectivity index (χ0v) is 8.50. The lowest BCUT2D eigenvalue weighted by Gasteiger charge is -2.23. The van der Waals surface area contributed by atoms with E-state index in [0.29, 0.717) is 11.0 Å². The molecule has 1 saturated heterocycles. The predicted octanol–water partition coefficient (Wildman–Crippen LogP) is 1.26. The molecule has 1 atom stereocenters. The minimum Gasteiger partial charge on any atom is -0.473 e. The van der Waals surface area contributed by atoms with Crippen LogP contribution < -0.4 is 10.1 Å². The number of rotatable bonds is 2. The van der Waals surface area contributed by atoms with Gasteiger partial charge in [-0.15, -0.1) is 0 Å². The number of piperidine rings is 1. The summed E-state index contributed by atoms with van der Waals surface area (Å²) in [6, 6.07) is 1.64. The first-order valence-corrected chi connectivity index (χ1v) is 5.07. The van der Waals surface area contributed by atoms with Gasteiger partial charge in [-0.1, -0.05) is 11.6 Å². The molecule has 1 N–H and O–H groups in total. The highest BCUT2D eigenvalue weighted by Gasteiger charge is 2.14. The number of nitrogens with one attached hydrogen (secondary N) is 1. The Morgan fingerprint density at radius 3 is 3.14 bits per heavy atom. The van der Waals surface area contributed by atoms with Gasteiger partial charge < -0.3 is 10.1 Å². The molecule has 1 fully saturated rings. The molecule has 0 amide bonds. The highest BCUT2D eigenvalue weighted by Crippen LogP contribution is 2.15. The van der Waals surface area contributed by atoms with E-state index in [-0.39, 0.29) is 6.10 Å². The molecule has 2 heterocycles. The van der Waals surface area contributed by atoms with Gasteiger partial charge in [-0.25, -0.2) is 9.97 Å². The van der Waals surface area contributed by atoms with Crippen molar-refractivity contribution in [3.63, 3.8) is 0 Å². The van der Waals surface area contributed by atoms with E-state index in [2.05, 4.69) is 15.3 Å². The van der Waals surface area contributed by atoms with Crippen LogP contribution in [-0.2, 0) is 0 Å². The van der Waals surface area contributed by atoms with Crippen LogP contribution in [0.1, 0.15) is 12.8 Å². The van der Waals surface area contributed by atoms with Crippen LogP contribution in [0.2, 0.25) is 5.15 Å². The molecular weight excluding hydrogens is 202 g/mol. The maximum atomic E-state index is 5.72. The van der Waals surface area contributed by atoms with E-state index in [0.717, 1.165) is 25.9 Å². The molecule has 14 heavy (non-hydrogen) atoms. The second-order valence-corrected chi connectivity index (χ2v) is 3.65. The zero-order chi connectivity index (χ0) is 9.80. The Bertz CT molecular complexity index is 302. The number of halogens is 1. The maximum Gasteiger partial charge on any atom is 0.218 e. The van der Waals surface area contributed by atoms with Crippen molar-refractivity contribution in [2.45, 2.75) is 18.9 Å². The maximum absolute atomic E-state index is 5.72. The molecular formula is C9H12ClN3O. The summed E-state index contributed by atoms with van der Waals surface area (Å²) >= 11 is 5.72. The van der Waals surface area contributed by atoms with E-state index in [9.17, 15) is 0 Å². The van der Waals surface area contributed by atoms with Crippen molar-refractivity contribution in [1.29, 1.82) is 0 Å². The average Bonchev–Trinajstić information content (AvgIpc) is 2.19. The molecule has 1 aliphatic rings. The summed E-state index contributed by atoms with van der Waals surface area (Å²) in [5, 5.41) is 3.68. The van der Waals surface area contributed by atoms with Crippen LogP contribution in [0.4, 0.5) is 0 Å². The monoisotopic (exact) mass is 213 g/mol.